The van der Waals surface area contributed by atoms with Crippen molar-refractivity contribution in [2.75, 3.05) is 13.6 Å². The second-order valence-corrected chi connectivity index (χ2v) is 7.99. The molecule has 1 aromatic rings. The van der Waals surface area contributed by atoms with Crippen LogP contribution in [0.5, 0.6) is 11.5 Å². The first-order chi connectivity index (χ1) is 12.6. The van der Waals surface area contributed by atoms with E-state index in [1.54, 1.807) is 6.08 Å². The molecule has 5 nitrogen and oxygen atoms in total. The Morgan fingerprint density at radius 2 is 1.85 bits per heavy atom. The minimum Gasteiger partial charge on any atom is -0.454 e. The molecule has 1 aromatic carbocycles. The van der Waals surface area contributed by atoms with Gasteiger partial charge in [0, 0.05) is 11.5 Å². The van der Waals surface area contributed by atoms with E-state index in [-0.39, 0.29) is 36.6 Å². The molecule has 2 heterocycles. The Balaban J connectivity index is 1.55. The number of alkyl halides is 1. The molecule has 1 saturated heterocycles. The topological polar surface area (TPSA) is 54.0 Å². The predicted octanol–water partition coefficient (Wildman–Crippen LogP) is 3.88. The highest BCUT2D eigenvalue weighted by atomic mass is 35.5. The van der Waals surface area contributed by atoms with Gasteiger partial charge in [0.2, 0.25) is 13.6 Å². The third kappa shape index (κ3) is 2.26. The molecule has 0 N–H and O–H groups in total. The molecule has 2 aliphatic heterocycles. The van der Waals surface area contributed by atoms with Crippen molar-refractivity contribution in [3.63, 3.8) is 0 Å². The first-order valence-electron chi connectivity index (χ1n) is 8.85. The third-order valence-corrected chi connectivity index (χ3v) is 6.42. The van der Waals surface area contributed by atoms with E-state index in [0.29, 0.717) is 17.9 Å². The summed E-state index contributed by atoms with van der Waals surface area (Å²) in [5, 5.41) is -0.0975. The molecule has 0 radical (unpaired) electrons. The maximum absolute atomic E-state index is 13.1. The molecule has 2 fully saturated rings. The normalized spacial score (nSPS) is 34.7. The summed E-state index contributed by atoms with van der Waals surface area (Å²) >= 11 is 6.64. The van der Waals surface area contributed by atoms with E-state index in [1.807, 2.05) is 24.3 Å². The first-order valence-corrected chi connectivity index (χ1v) is 9.29. The monoisotopic (exact) mass is 374 g/mol. The fourth-order valence-corrected chi connectivity index (χ4v) is 5.09. The molecule has 0 bridgehead atoms. The van der Waals surface area contributed by atoms with E-state index >= 15 is 0 Å². The maximum Gasteiger partial charge on any atom is 0.231 e. The van der Waals surface area contributed by atoms with E-state index in [9.17, 15) is 4.79 Å². The van der Waals surface area contributed by atoms with E-state index < -0.39 is 5.41 Å². The van der Waals surface area contributed by atoms with E-state index in [0.717, 1.165) is 23.5 Å². The summed E-state index contributed by atoms with van der Waals surface area (Å²) in [5.41, 5.74) is 0.453. The van der Waals surface area contributed by atoms with Gasteiger partial charge in [-0.15, -0.1) is 11.6 Å². The number of carbonyl (C=O) groups is 1. The van der Waals surface area contributed by atoms with Crippen molar-refractivity contribution in [3.8, 4) is 11.5 Å². The minimum atomic E-state index is -0.668. The van der Waals surface area contributed by atoms with Crippen LogP contribution in [0.15, 0.2) is 41.9 Å². The van der Waals surface area contributed by atoms with Gasteiger partial charge >= 0.3 is 0 Å². The van der Waals surface area contributed by atoms with Crippen LogP contribution in [0.3, 0.4) is 0 Å². The highest BCUT2D eigenvalue weighted by Crippen LogP contribution is 2.55. The zero-order valence-electron chi connectivity index (χ0n) is 14.4. The number of hydrogen-bond donors (Lipinski definition) is 0. The second kappa shape index (κ2) is 5.68. The van der Waals surface area contributed by atoms with E-state index in [4.69, 9.17) is 30.5 Å². The Kier molecular flexibility index (Phi) is 3.51. The first kappa shape index (κ1) is 16.1. The van der Waals surface area contributed by atoms with E-state index in [2.05, 4.69) is 6.92 Å². The van der Waals surface area contributed by atoms with Crippen LogP contribution in [0.25, 0.3) is 0 Å². The van der Waals surface area contributed by atoms with Gasteiger partial charge in [-0.25, -0.2) is 0 Å². The van der Waals surface area contributed by atoms with Gasteiger partial charge in [-0.1, -0.05) is 13.0 Å². The zero-order valence-corrected chi connectivity index (χ0v) is 15.1. The minimum absolute atomic E-state index is 0.0466. The van der Waals surface area contributed by atoms with Gasteiger partial charge < -0.3 is 18.9 Å². The third-order valence-electron chi connectivity index (χ3n) is 6.09. The lowest BCUT2D eigenvalue weighted by atomic mass is 9.57. The fourth-order valence-electron chi connectivity index (χ4n) is 4.64. The molecule has 2 aliphatic carbocycles. The highest BCUT2D eigenvalue weighted by molar-refractivity contribution is 6.21. The number of rotatable bonds is 1. The van der Waals surface area contributed by atoms with Crippen LogP contribution >= 0.6 is 11.6 Å². The molecule has 0 amide bonds. The standard InChI is InChI=1S/C20H19ClO5/c1-11-14(12-2-3-15-16(4-12)24-9-23-15)5-13(21)7-20(11)8-18-17(6-19(20)22)25-10-26-18/h2-4,6,8,11,13-14H,5,7,9-10H2,1H3/t11-,13-,14+,20+/m0/s1. The van der Waals surface area contributed by atoms with Gasteiger partial charge in [-0.3, -0.25) is 4.79 Å². The van der Waals surface area contributed by atoms with Gasteiger partial charge in [-0.05, 0) is 48.4 Å². The van der Waals surface area contributed by atoms with Crippen LogP contribution in [0, 0.1) is 11.3 Å². The molecular formula is C20H19ClO5. The number of ketones is 1. The van der Waals surface area contributed by atoms with E-state index in [1.165, 1.54) is 0 Å². The molecular weight excluding hydrogens is 356 g/mol. The Morgan fingerprint density at radius 3 is 2.73 bits per heavy atom. The Hall–Kier alpha value is -2.14. The average Bonchev–Trinajstić information content (AvgIpc) is 3.26. The lowest BCUT2D eigenvalue weighted by Crippen LogP contribution is -2.45. The van der Waals surface area contributed by atoms with Crippen LogP contribution in [0.1, 0.15) is 31.2 Å². The molecule has 4 aliphatic rings. The van der Waals surface area contributed by atoms with Gasteiger partial charge in [0.1, 0.15) is 0 Å². The molecule has 4 atom stereocenters. The van der Waals surface area contributed by atoms with Crippen LogP contribution in [-0.2, 0) is 14.3 Å². The Labute approximate surface area is 156 Å². The fraction of sp³-hybridized carbons (Fsp3) is 0.450. The zero-order chi connectivity index (χ0) is 17.9. The second-order valence-electron chi connectivity index (χ2n) is 7.37. The number of hydrogen-bond acceptors (Lipinski definition) is 5. The lowest BCUT2D eigenvalue weighted by Gasteiger charge is -2.46. The summed E-state index contributed by atoms with van der Waals surface area (Å²) in [4.78, 5) is 13.1. The molecule has 1 saturated carbocycles. The summed E-state index contributed by atoms with van der Waals surface area (Å²) in [6, 6.07) is 6.00. The number of carbonyl (C=O) groups excluding carboxylic acids is 1. The molecule has 0 aromatic heterocycles. The maximum atomic E-state index is 13.1. The largest absolute Gasteiger partial charge is 0.454 e. The summed E-state index contributed by atoms with van der Waals surface area (Å²) in [6.07, 6.45) is 4.93. The van der Waals surface area contributed by atoms with Crippen molar-refractivity contribution < 1.29 is 23.7 Å². The van der Waals surface area contributed by atoms with Crippen molar-refractivity contribution in [2.45, 2.75) is 31.1 Å². The van der Waals surface area contributed by atoms with Crippen molar-refractivity contribution in [1.29, 1.82) is 0 Å². The van der Waals surface area contributed by atoms with Crippen molar-refractivity contribution in [1.82, 2.24) is 0 Å². The van der Waals surface area contributed by atoms with Crippen LogP contribution < -0.4 is 9.47 Å². The summed E-state index contributed by atoms with van der Waals surface area (Å²) in [7, 11) is 0. The Bertz CT molecular complexity index is 845. The number of allylic oxidation sites excluding steroid dienone is 2. The van der Waals surface area contributed by atoms with Crippen LogP contribution in [0.4, 0.5) is 0 Å². The van der Waals surface area contributed by atoms with Gasteiger partial charge in [0.15, 0.2) is 28.8 Å². The molecule has 6 heteroatoms. The molecule has 26 heavy (non-hydrogen) atoms. The quantitative estimate of drug-likeness (QED) is 0.698. The highest BCUT2D eigenvalue weighted by Gasteiger charge is 2.52. The van der Waals surface area contributed by atoms with Crippen LogP contribution in [0.2, 0.25) is 0 Å². The summed E-state index contributed by atoms with van der Waals surface area (Å²) < 4.78 is 21.9. The Morgan fingerprint density at radius 1 is 1.08 bits per heavy atom. The van der Waals surface area contributed by atoms with Gasteiger partial charge in [-0.2, -0.15) is 0 Å². The molecule has 1 spiro atoms. The number of fused-ring (bicyclic) bond motifs is 2. The average molecular weight is 375 g/mol. The van der Waals surface area contributed by atoms with Crippen molar-refractivity contribution in [3.05, 3.63) is 47.4 Å². The lowest BCUT2D eigenvalue weighted by molar-refractivity contribution is -0.126. The molecule has 5 rings (SSSR count). The number of halogens is 1. The number of ether oxygens (including phenoxy) is 4. The molecule has 136 valence electrons. The smallest absolute Gasteiger partial charge is 0.231 e. The van der Waals surface area contributed by atoms with Gasteiger partial charge in [0.05, 0.1) is 5.41 Å². The number of benzene rings is 1. The van der Waals surface area contributed by atoms with Crippen LogP contribution in [-0.4, -0.2) is 24.7 Å². The van der Waals surface area contributed by atoms with Crippen molar-refractivity contribution >= 4 is 17.4 Å². The van der Waals surface area contributed by atoms with Crippen molar-refractivity contribution in [2.24, 2.45) is 11.3 Å². The molecule has 0 unspecified atom stereocenters. The summed E-state index contributed by atoms with van der Waals surface area (Å²) in [5.74, 6) is 2.96. The van der Waals surface area contributed by atoms with Gasteiger partial charge in [0.25, 0.3) is 0 Å². The predicted molar refractivity (Wildman–Crippen MR) is 94.0 cm³/mol. The summed E-state index contributed by atoms with van der Waals surface area (Å²) in [6.45, 7) is 2.53. The SMILES string of the molecule is C[C@H]1[C@H](c2ccc3c(c2)OCO3)C[C@H](Cl)C[C@@]12C=C1OCOC1=CC2=O.